The Bertz CT molecular complexity index is 768. The van der Waals surface area contributed by atoms with Gasteiger partial charge in [0.2, 0.25) is 5.91 Å². The van der Waals surface area contributed by atoms with Crippen LogP contribution in [-0.4, -0.2) is 54.1 Å². The summed E-state index contributed by atoms with van der Waals surface area (Å²) in [5.41, 5.74) is 0.359. The molecule has 2 aliphatic rings. The Labute approximate surface area is 173 Å². The van der Waals surface area contributed by atoms with Crippen molar-refractivity contribution in [1.29, 1.82) is 0 Å². The Balaban J connectivity index is 1.83. The molecule has 0 bridgehead atoms. The maximum atomic E-state index is 13.2. The largest absolute Gasteiger partial charge is 0.496 e. The molecule has 0 saturated carbocycles. The van der Waals surface area contributed by atoms with E-state index in [4.69, 9.17) is 9.47 Å². The van der Waals surface area contributed by atoms with Gasteiger partial charge in [-0.3, -0.25) is 4.79 Å². The number of carbonyl (C=O) groups excluding carboxylic acids is 2. The standard InChI is InChI=1S/C23H32N2O4/c1-23(2,3)29-22(27)24-13-14-25(21(26)15-17-9-5-6-10-17)19(16-24)18-11-7-8-12-20(18)28-4/h5,7-9,11-12,17,19H,6,10,13-16H2,1-4H3. The Kier molecular flexibility index (Phi) is 6.50. The number of hydrogen-bond acceptors (Lipinski definition) is 4. The minimum atomic E-state index is -0.557. The average Bonchev–Trinajstić information content (AvgIpc) is 3.19. The van der Waals surface area contributed by atoms with Crippen LogP contribution in [0, 0.1) is 5.92 Å². The van der Waals surface area contributed by atoms with Gasteiger partial charge in [0.25, 0.3) is 0 Å². The number of nitrogens with zero attached hydrogens (tertiary/aromatic N) is 2. The van der Waals surface area contributed by atoms with E-state index in [9.17, 15) is 9.59 Å². The molecule has 2 amide bonds. The molecule has 0 radical (unpaired) electrons. The summed E-state index contributed by atoms with van der Waals surface area (Å²) in [5, 5.41) is 0. The maximum absolute atomic E-state index is 13.2. The highest BCUT2D eigenvalue weighted by Gasteiger charge is 2.36. The third-order valence-corrected chi connectivity index (χ3v) is 5.40. The van der Waals surface area contributed by atoms with Gasteiger partial charge in [-0.05, 0) is 45.6 Å². The van der Waals surface area contributed by atoms with Crippen LogP contribution < -0.4 is 4.74 Å². The molecule has 1 aromatic rings. The number of methoxy groups -OCH3 is 1. The Hall–Kier alpha value is -2.50. The van der Waals surface area contributed by atoms with Crippen LogP contribution in [0.5, 0.6) is 5.75 Å². The van der Waals surface area contributed by atoms with Gasteiger partial charge in [-0.1, -0.05) is 30.4 Å². The van der Waals surface area contributed by atoms with E-state index in [0.717, 1.165) is 24.2 Å². The number of allylic oxidation sites excluding steroid dienone is 2. The second-order valence-corrected chi connectivity index (χ2v) is 8.74. The van der Waals surface area contributed by atoms with Crippen molar-refractivity contribution >= 4 is 12.0 Å². The minimum absolute atomic E-state index is 0.126. The van der Waals surface area contributed by atoms with Gasteiger partial charge in [-0.15, -0.1) is 0 Å². The number of carbonyl (C=O) groups is 2. The van der Waals surface area contributed by atoms with Gasteiger partial charge in [-0.2, -0.15) is 0 Å². The normalized spacial score (nSPS) is 21.9. The zero-order chi connectivity index (χ0) is 21.0. The lowest BCUT2D eigenvalue weighted by molar-refractivity contribution is -0.137. The van der Waals surface area contributed by atoms with Crippen molar-refractivity contribution in [1.82, 2.24) is 9.80 Å². The molecule has 0 aromatic heterocycles. The molecule has 29 heavy (non-hydrogen) atoms. The van der Waals surface area contributed by atoms with E-state index in [1.807, 2.05) is 49.9 Å². The van der Waals surface area contributed by atoms with Crippen LogP contribution in [-0.2, 0) is 9.53 Å². The van der Waals surface area contributed by atoms with Crippen molar-refractivity contribution < 1.29 is 19.1 Å². The summed E-state index contributed by atoms with van der Waals surface area (Å²) in [6.45, 7) is 6.91. The summed E-state index contributed by atoms with van der Waals surface area (Å²) in [6, 6.07) is 7.45. The number of rotatable bonds is 4. The molecule has 1 fully saturated rings. The van der Waals surface area contributed by atoms with Crippen LogP contribution in [0.3, 0.4) is 0 Å². The summed E-state index contributed by atoms with van der Waals surface area (Å²) in [4.78, 5) is 29.4. The molecule has 1 saturated heterocycles. The third kappa shape index (κ3) is 5.31. The van der Waals surface area contributed by atoms with Gasteiger partial charge in [-0.25, -0.2) is 4.79 Å². The molecule has 0 N–H and O–H groups in total. The van der Waals surface area contributed by atoms with Crippen molar-refractivity contribution in [3.63, 3.8) is 0 Å². The predicted molar refractivity (Wildman–Crippen MR) is 112 cm³/mol. The van der Waals surface area contributed by atoms with Gasteiger partial charge >= 0.3 is 6.09 Å². The predicted octanol–water partition coefficient (Wildman–Crippen LogP) is 4.17. The van der Waals surface area contributed by atoms with Gasteiger partial charge in [0, 0.05) is 31.6 Å². The Morgan fingerprint density at radius 3 is 2.59 bits per heavy atom. The van der Waals surface area contributed by atoms with Crippen LogP contribution in [0.4, 0.5) is 4.79 Å². The van der Waals surface area contributed by atoms with E-state index in [0.29, 0.717) is 32.0 Å². The number of para-hydroxylation sites is 1. The molecule has 6 heteroatoms. The molecule has 0 spiro atoms. The molecular weight excluding hydrogens is 368 g/mol. The van der Waals surface area contributed by atoms with E-state index in [1.54, 1.807) is 12.0 Å². The lowest BCUT2D eigenvalue weighted by Gasteiger charge is -2.42. The number of ether oxygens (including phenoxy) is 2. The summed E-state index contributed by atoms with van der Waals surface area (Å²) >= 11 is 0. The monoisotopic (exact) mass is 400 g/mol. The highest BCUT2D eigenvalue weighted by Crippen LogP contribution is 2.34. The van der Waals surface area contributed by atoms with Crippen LogP contribution in [0.1, 0.15) is 51.6 Å². The van der Waals surface area contributed by atoms with Crippen LogP contribution in [0.2, 0.25) is 0 Å². The molecule has 6 nitrogen and oxygen atoms in total. The fourth-order valence-electron chi connectivity index (χ4n) is 3.99. The molecule has 3 rings (SSSR count). The molecule has 1 aliphatic carbocycles. The number of benzene rings is 1. The van der Waals surface area contributed by atoms with Crippen molar-refractivity contribution in [2.75, 3.05) is 26.7 Å². The number of piperazine rings is 1. The third-order valence-electron chi connectivity index (χ3n) is 5.40. The molecule has 1 heterocycles. The molecule has 1 aromatic carbocycles. The zero-order valence-corrected chi connectivity index (χ0v) is 17.9. The van der Waals surface area contributed by atoms with Crippen molar-refractivity contribution in [2.24, 2.45) is 5.92 Å². The highest BCUT2D eigenvalue weighted by atomic mass is 16.6. The Morgan fingerprint density at radius 1 is 1.17 bits per heavy atom. The zero-order valence-electron chi connectivity index (χ0n) is 17.9. The Morgan fingerprint density at radius 2 is 1.93 bits per heavy atom. The van der Waals surface area contributed by atoms with E-state index in [1.165, 1.54) is 0 Å². The lowest BCUT2D eigenvalue weighted by atomic mass is 9.98. The summed E-state index contributed by atoms with van der Waals surface area (Å²) in [7, 11) is 1.63. The average molecular weight is 401 g/mol. The fraction of sp³-hybridized carbons (Fsp3) is 0.565. The first-order chi connectivity index (χ1) is 13.8. The van der Waals surface area contributed by atoms with Gasteiger partial charge < -0.3 is 19.3 Å². The molecule has 158 valence electrons. The van der Waals surface area contributed by atoms with E-state index < -0.39 is 5.60 Å². The second kappa shape index (κ2) is 8.89. The number of amides is 2. The van der Waals surface area contributed by atoms with E-state index >= 15 is 0 Å². The molecule has 2 atom stereocenters. The van der Waals surface area contributed by atoms with E-state index in [2.05, 4.69) is 12.2 Å². The van der Waals surface area contributed by atoms with Crippen molar-refractivity contribution in [2.45, 2.75) is 51.7 Å². The molecule has 2 unspecified atom stereocenters. The van der Waals surface area contributed by atoms with Gasteiger partial charge in [0.15, 0.2) is 0 Å². The maximum Gasteiger partial charge on any atom is 0.410 e. The topological polar surface area (TPSA) is 59.1 Å². The fourth-order valence-corrected chi connectivity index (χ4v) is 3.99. The van der Waals surface area contributed by atoms with Crippen LogP contribution in [0.25, 0.3) is 0 Å². The van der Waals surface area contributed by atoms with E-state index in [-0.39, 0.29) is 18.0 Å². The molecule has 1 aliphatic heterocycles. The van der Waals surface area contributed by atoms with Crippen LogP contribution >= 0.6 is 0 Å². The highest BCUT2D eigenvalue weighted by molar-refractivity contribution is 5.78. The first-order valence-corrected chi connectivity index (χ1v) is 10.4. The lowest BCUT2D eigenvalue weighted by Crippen LogP contribution is -2.53. The summed E-state index contributed by atoms with van der Waals surface area (Å²) < 4.78 is 11.1. The smallest absolute Gasteiger partial charge is 0.410 e. The molecular formula is C23H32N2O4. The first kappa shape index (κ1) is 21.2. The SMILES string of the molecule is COc1ccccc1C1CN(C(=O)OC(C)(C)C)CCN1C(=O)CC1C=CCC1. The quantitative estimate of drug-likeness (QED) is 0.712. The first-order valence-electron chi connectivity index (χ1n) is 10.4. The summed E-state index contributed by atoms with van der Waals surface area (Å²) in [6.07, 6.45) is 6.53. The second-order valence-electron chi connectivity index (χ2n) is 8.74. The number of hydrogen-bond donors (Lipinski definition) is 0. The van der Waals surface area contributed by atoms with Gasteiger partial charge in [0.1, 0.15) is 11.4 Å². The summed E-state index contributed by atoms with van der Waals surface area (Å²) in [5.74, 6) is 1.16. The van der Waals surface area contributed by atoms with Crippen molar-refractivity contribution in [3.8, 4) is 5.75 Å². The van der Waals surface area contributed by atoms with Gasteiger partial charge in [0.05, 0.1) is 13.2 Å². The van der Waals surface area contributed by atoms with Crippen LogP contribution in [0.15, 0.2) is 36.4 Å². The minimum Gasteiger partial charge on any atom is -0.496 e. The van der Waals surface area contributed by atoms with Crippen molar-refractivity contribution in [3.05, 3.63) is 42.0 Å².